The summed E-state index contributed by atoms with van der Waals surface area (Å²) in [7, 11) is 0. The first-order valence-electron chi connectivity index (χ1n) is 1.73. The number of rotatable bonds is 0. The Morgan fingerprint density at radius 2 is 2.25 bits per heavy atom. The molecule has 0 unspecified atom stereocenters. The molecule has 0 bridgehead atoms. The van der Waals surface area contributed by atoms with Gasteiger partial charge in [0.25, 0.3) is 0 Å². The first-order chi connectivity index (χ1) is 3.39. The molecule has 0 amide bonds. The molecule has 4 heteroatoms. The van der Waals surface area contributed by atoms with Crippen molar-refractivity contribution < 1.29 is 18.6 Å². The number of aromatic nitrogens is 2. The quantitative estimate of drug-likeness (QED) is 0.596. The molecule has 0 aromatic carbocycles. The zero-order valence-electron chi connectivity index (χ0n) is 3.87. The predicted octanol–water partition coefficient (Wildman–Crippen LogP) is 1.04. The summed E-state index contributed by atoms with van der Waals surface area (Å²) in [6.07, 6.45) is 3.09. The molecule has 8 heavy (non-hydrogen) atoms. The van der Waals surface area contributed by atoms with Gasteiger partial charge in [0.05, 0.1) is 0 Å². The first kappa shape index (κ1) is 8.14. The van der Waals surface area contributed by atoms with Gasteiger partial charge in [0.2, 0.25) is 0 Å². The molecule has 0 saturated carbocycles. The zero-order chi connectivity index (χ0) is 5.11. The molecule has 0 fully saturated rings. The Balaban J connectivity index is 0.000000490. The van der Waals surface area contributed by atoms with Crippen LogP contribution in [0.1, 0.15) is 0 Å². The van der Waals surface area contributed by atoms with Crippen LogP contribution in [-0.4, -0.2) is 10.2 Å². The Morgan fingerprint density at radius 3 is 2.50 bits per heavy atom. The monoisotopic (exact) mass is 208 g/mol. The summed E-state index contributed by atoms with van der Waals surface area (Å²) < 4.78 is 0.836. The Bertz CT molecular complexity index is 144. The smallest absolute Gasteiger partial charge is 0.257 e. The summed E-state index contributed by atoms with van der Waals surface area (Å²) in [6.45, 7) is 0. The van der Waals surface area contributed by atoms with E-state index in [2.05, 4.69) is 32.2 Å². The molecule has 0 aliphatic rings. The van der Waals surface area contributed by atoms with Crippen molar-refractivity contribution in [3.63, 3.8) is 0 Å². The summed E-state index contributed by atoms with van der Waals surface area (Å²) in [5, 5.41) is 7.07. The van der Waals surface area contributed by atoms with Gasteiger partial charge < -0.3 is 0 Å². The minimum Gasteiger partial charge on any atom is -0.257 e. The molecule has 0 atom stereocenters. The van der Waals surface area contributed by atoms with E-state index in [0.717, 1.165) is 4.47 Å². The van der Waals surface area contributed by atoms with Crippen LogP contribution in [0.2, 0.25) is 0 Å². The summed E-state index contributed by atoms with van der Waals surface area (Å²) >= 11 is 3.15. The maximum Gasteiger partial charge on any atom is 2.00 e. The topological polar surface area (TPSA) is 25.8 Å². The fourth-order valence-electron chi connectivity index (χ4n) is 0.245. The number of hydrogen-bond donors (Lipinski definition) is 0. The zero-order valence-corrected chi connectivity index (χ0v) is 6.86. The van der Waals surface area contributed by atoms with Gasteiger partial charge in [-0.2, -0.15) is 5.10 Å². The molecular weight excluding hydrogens is 207 g/mol. The molecule has 1 heterocycles. The Morgan fingerprint density at radius 1 is 1.50 bits per heavy atom. The third-order valence-electron chi connectivity index (χ3n) is 0.498. The summed E-state index contributed by atoms with van der Waals surface area (Å²) in [4.78, 5) is 0. The Kier molecular flexibility index (Phi) is 4.14. The third kappa shape index (κ3) is 2.45. The van der Waals surface area contributed by atoms with Gasteiger partial charge in [-0.25, -0.2) is 6.07 Å². The number of hydrogen-bond acceptors (Lipinski definition) is 2. The van der Waals surface area contributed by atoms with Crippen molar-refractivity contribution in [3.05, 3.63) is 22.9 Å². The molecule has 1 rings (SSSR count). The second-order valence-electron chi connectivity index (χ2n) is 0.981. The van der Waals surface area contributed by atoms with E-state index in [9.17, 15) is 0 Å². The van der Waals surface area contributed by atoms with E-state index in [1.165, 1.54) is 6.20 Å². The second kappa shape index (κ2) is 4.07. The molecule has 1 radical (unpaired) electrons. The fourth-order valence-corrected chi connectivity index (χ4v) is 0.439. The van der Waals surface area contributed by atoms with Crippen LogP contribution >= 0.6 is 15.9 Å². The van der Waals surface area contributed by atoms with Gasteiger partial charge in [0, 0.05) is 0 Å². The van der Waals surface area contributed by atoms with Gasteiger partial charge in [-0.15, -0.1) is 4.47 Å². The van der Waals surface area contributed by atoms with Crippen molar-refractivity contribution in [3.8, 4) is 0 Å². The van der Waals surface area contributed by atoms with Gasteiger partial charge in [0.1, 0.15) is 0 Å². The predicted molar refractivity (Wildman–Crippen MR) is 28.6 cm³/mol. The van der Waals surface area contributed by atoms with Crippen molar-refractivity contribution in [2.45, 2.75) is 0 Å². The average molecular weight is 209 g/mol. The van der Waals surface area contributed by atoms with E-state index >= 15 is 0 Å². The van der Waals surface area contributed by atoms with Crippen LogP contribution in [-0.2, 0) is 18.6 Å². The van der Waals surface area contributed by atoms with Crippen molar-refractivity contribution in [2.24, 2.45) is 0 Å². The largest absolute Gasteiger partial charge is 2.00 e. The maximum absolute atomic E-state index is 3.56. The van der Waals surface area contributed by atoms with Gasteiger partial charge >= 0.3 is 18.6 Å². The molecule has 0 aliphatic heterocycles. The van der Waals surface area contributed by atoms with Crippen molar-refractivity contribution in [1.82, 2.24) is 10.2 Å². The molecule has 1 aromatic heterocycles. The van der Waals surface area contributed by atoms with Gasteiger partial charge in [-0.05, 0) is 6.20 Å². The van der Waals surface area contributed by atoms with E-state index in [1.807, 2.05) is 0 Å². The van der Waals surface area contributed by atoms with Crippen molar-refractivity contribution >= 4 is 15.9 Å². The molecule has 39 valence electrons. The van der Waals surface area contributed by atoms with E-state index in [0.29, 0.717) is 0 Å². The van der Waals surface area contributed by atoms with E-state index < -0.39 is 0 Å². The molecule has 0 spiro atoms. The molecule has 0 saturated heterocycles. The fraction of sp³-hybridized carbons (Fsp3) is 0. The Labute approximate surface area is 67.7 Å². The SMILES string of the molecule is Brc1[c-]cnnc1.[V+2]. The summed E-state index contributed by atoms with van der Waals surface area (Å²) in [6, 6.07) is 2.77. The van der Waals surface area contributed by atoms with Crippen LogP contribution in [0.25, 0.3) is 0 Å². The summed E-state index contributed by atoms with van der Waals surface area (Å²) in [5.74, 6) is 0. The van der Waals surface area contributed by atoms with Crippen LogP contribution in [0, 0.1) is 6.07 Å². The third-order valence-corrected chi connectivity index (χ3v) is 0.932. The van der Waals surface area contributed by atoms with Crippen LogP contribution in [0.4, 0.5) is 0 Å². The normalized spacial score (nSPS) is 7.62. The number of nitrogens with zero attached hydrogens (tertiary/aromatic N) is 2. The molecule has 0 N–H and O–H groups in total. The first-order valence-corrected chi connectivity index (χ1v) is 2.53. The van der Waals surface area contributed by atoms with Crippen molar-refractivity contribution in [1.29, 1.82) is 0 Å². The minimum absolute atomic E-state index is 0. The summed E-state index contributed by atoms with van der Waals surface area (Å²) in [5.41, 5.74) is 0. The average Bonchev–Trinajstić information content (AvgIpc) is 1.69. The van der Waals surface area contributed by atoms with Gasteiger partial charge in [-0.1, -0.05) is 22.1 Å². The maximum atomic E-state index is 3.56. The van der Waals surface area contributed by atoms with Crippen LogP contribution in [0.3, 0.4) is 0 Å². The minimum atomic E-state index is 0. The van der Waals surface area contributed by atoms with Gasteiger partial charge in [0.15, 0.2) is 0 Å². The van der Waals surface area contributed by atoms with E-state index in [4.69, 9.17) is 0 Å². The Hall–Kier alpha value is 0.144. The molecular formula is C4H2BrN2V+. The second-order valence-corrected chi connectivity index (χ2v) is 1.84. The van der Waals surface area contributed by atoms with Crippen molar-refractivity contribution in [2.75, 3.05) is 0 Å². The molecule has 0 aliphatic carbocycles. The molecule has 2 nitrogen and oxygen atoms in total. The standard InChI is InChI=1S/C4H2BrN2.V/c5-4-1-2-6-7-3-4;/h2-3H;/q-1;+2. The van der Waals surface area contributed by atoms with E-state index in [1.54, 1.807) is 6.20 Å². The van der Waals surface area contributed by atoms with Crippen LogP contribution in [0.15, 0.2) is 16.9 Å². The van der Waals surface area contributed by atoms with Crippen LogP contribution < -0.4 is 0 Å². The molecule has 1 aromatic rings. The van der Waals surface area contributed by atoms with Gasteiger partial charge in [-0.3, -0.25) is 5.10 Å². The number of halogens is 1. The van der Waals surface area contributed by atoms with Crippen LogP contribution in [0.5, 0.6) is 0 Å². The van der Waals surface area contributed by atoms with E-state index in [-0.39, 0.29) is 18.6 Å².